The second-order valence-corrected chi connectivity index (χ2v) is 5.91. The minimum absolute atomic E-state index is 0.0362. The molecular formula is C16H21NO4. The summed E-state index contributed by atoms with van der Waals surface area (Å²) in [7, 11) is 1.60. The summed E-state index contributed by atoms with van der Waals surface area (Å²) in [5.41, 5.74) is 1.08. The Balaban J connectivity index is 2.04. The van der Waals surface area contributed by atoms with Gasteiger partial charge in [0.15, 0.2) is 0 Å². The van der Waals surface area contributed by atoms with Crippen LogP contribution >= 0.6 is 0 Å². The fourth-order valence-electron chi connectivity index (χ4n) is 2.61. The number of aryl methyl sites for hydroxylation is 1. The minimum atomic E-state index is -0.838. The van der Waals surface area contributed by atoms with Crippen LogP contribution in [0.3, 0.4) is 0 Å². The SMILES string of the molecule is COc1cc(CC(=O)N2CC[C@@](C)(C(=O)O)C2)ccc1C. The molecule has 1 saturated heterocycles. The van der Waals surface area contributed by atoms with Gasteiger partial charge in [0, 0.05) is 13.1 Å². The third kappa shape index (κ3) is 3.17. The molecule has 1 atom stereocenters. The van der Waals surface area contributed by atoms with E-state index in [1.165, 1.54) is 0 Å². The number of aliphatic carboxylic acids is 1. The Kier molecular flexibility index (Phi) is 4.21. The van der Waals surface area contributed by atoms with Crippen molar-refractivity contribution in [3.05, 3.63) is 29.3 Å². The van der Waals surface area contributed by atoms with Gasteiger partial charge in [-0.1, -0.05) is 12.1 Å². The number of hydrogen-bond acceptors (Lipinski definition) is 3. The highest BCUT2D eigenvalue weighted by molar-refractivity contribution is 5.82. The number of amides is 1. The van der Waals surface area contributed by atoms with Gasteiger partial charge in [0.05, 0.1) is 18.9 Å². The Morgan fingerprint density at radius 3 is 2.71 bits per heavy atom. The third-order valence-corrected chi connectivity index (χ3v) is 4.17. The molecule has 1 aliphatic rings. The van der Waals surface area contributed by atoms with E-state index >= 15 is 0 Å². The van der Waals surface area contributed by atoms with E-state index in [2.05, 4.69) is 0 Å². The molecular weight excluding hydrogens is 270 g/mol. The van der Waals surface area contributed by atoms with Crippen molar-refractivity contribution in [3.63, 3.8) is 0 Å². The van der Waals surface area contributed by atoms with Crippen molar-refractivity contribution < 1.29 is 19.4 Å². The van der Waals surface area contributed by atoms with Crippen LogP contribution in [0, 0.1) is 12.3 Å². The van der Waals surface area contributed by atoms with Crippen LogP contribution in [-0.2, 0) is 16.0 Å². The highest BCUT2D eigenvalue weighted by Crippen LogP contribution is 2.30. The van der Waals surface area contributed by atoms with Gasteiger partial charge in [0.1, 0.15) is 5.75 Å². The Hall–Kier alpha value is -2.04. The molecule has 114 valence electrons. The number of carboxylic acids is 1. The van der Waals surface area contributed by atoms with Gasteiger partial charge in [-0.25, -0.2) is 0 Å². The normalized spacial score (nSPS) is 21.4. The predicted octanol–water partition coefficient (Wildman–Crippen LogP) is 1.87. The highest BCUT2D eigenvalue weighted by atomic mass is 16.5. The average Bonchev–Trinajstić information content (AvgIpc) is 2.85. The van der Waals surface area contributed by atoms with E-state index in [1.807, 2.05) is 25.1 Å². The largest absolute Gasteiger partial charge is 0.496 e. The lowest BCUT2D eigenvalue weighted by molar-refractivity contribution is -0.147. The molecule has 5 heteroatoms. The molecule has 1 aromatic carbocycles. The van der Waals surface area contributed by atoms with E-state index in [1.54, 1.807) is 18.9 Å². The van der Waals surface area contributed by atoms with Crippen LogP contribution in [0.25, 0.3) is 0 Å². The molecule has 1 aromatic rings. The summed E-state index contributed by atoms with van der Waals surface area (Å²) in [6, 6.07) is 5.69. The first-order valence-electron chi connectivity index (χ1n) is 7.00. The van der Waals surface area contributed by atoms with Gasteiger partial charge in [-0.2, -0.15) is 0 Å². The molecule has 0 aliphatic carbocycles. The number of nitrogens with zero attached hydrogens (tertiary/aromatic N) is 1. The molecule has 5 nitrogen and oxygen atoms in total. The summed E-state index contributed by atoms with van der Waals surface area (Å²) in [6.45, 7) is 4.43. The second-order valence-electron chi connectivity index (χ2n) is 5.91. The molecule has 2 rings (SSSR count). The van der Waals surface area contributed by atoms with Crippen LogP contribution in [0.5, 0.6) is 5.75 Å². The maximum Gasteiger partial charge on any atom is 0.311 e. The Labute approximate surface area is 124 Å². The van der Waals surface area contributed by atoms with Crippen molar-refractivity contribution in [1.29, 1.82) is 0 Å². The number of rotatable bonds is 4. The zero-order valence-electron chi connectivity index (χ0n) is 12.7. The van der Waals surface area contributed by atoms with Crippen LogP contribution in [0.4, 0.5) is 0 Å². The molecule has 1 amide bonds. The molecule has 1 fully saturated rings. The fraction of sp³-hybridized carbons (Fsp3) is 0.500. The van der Waals surface area contributed by atoms with Gasteiger partial charge in [-0.05, 0) is 37.5 Å². The monoisotopic (exact) mass is 291 g/mol. The topological polar surface area (TPSA) is 66.8 Å². The number of carboxylic acid groups (broad SMARTS) is 1. The van der Waals surface area contributed by atoms with Crippen LogP contribution in [0.1, 0.15) is 24.5 Å². The van der Waals surface area contributed by atoms with Crippen molar-refractivity contribution in [2.75, 3.05) is 20.2 Å². The first-order valence-corrected chi connectivity index (χ1v) is 7.00. The Morgan fingerprint density at radius 1 is 1.43 bits per heavy atom. The summed E-state index contributed by atoms with van der Waals surface area (Å²) < 4.78 is 5.25. The minimum Gasteiger partial charge on any atom is -0.496 e. The number of ether oxygens (including phenoxy) is 1. The van der Waals surface area contributed by atoms with Crippen molar-refractivity contribution in [2.24, 2.45) is 5.41 Å². The molecule has 0 aromatic heterocycles. The van der Waals surface area contributed by atoms with Crippen LogP contribution < -0.4 is 4.74 Å². The number of likely N-dealkylation sites (tertiary alicyclic amines) is 1. The zero-order chi connectivity index (χ0) is 15.6. The maximum absolute atomic E-state index is 12.3. The summed E-state index contributed by atoms with van der Waals surface area (Å²) in [5, 5.41) is 9.21. The Bertz CT molecular complexity index is 569. The van der Waals surface area contributed by atoms with E-state index < -0.39 is 11.4 Å². The molecule has 1 heterocycles. The summed E-state index contributed by atoms with van der Waals surface area (Å²) in [6.07, 6.45) is 0.775. The zero-order valence-corrected chi connectivity index (χ0v) is 12.7. The van der Waals surface area contributed by atoms with Gasteiger partial charge in [0.2, 0.25) is 5.91 Å². The Morgan fingerprint density at radius 2 is 2.14 bits per heavy atom. The summed E-state index contributed by atoms with van der Waals surface area (Å²) in [5.74, 6) is -0.113. The highest BCUT2D eigenvalue weighted by Gasteiger charge is 2.41. The molecule has 0 saturated carbocycles. The van der Waals surface area contributed by atoms with E-state index in [0.717, 1.165) is 16.9 Å². The maximum atomic E-state index is 12.3. The van der Waals surface area contributed by atoms with E-state index in [4.69, 9.17) is 4.74 Å². The van der Waals surface area contributed by atoms with E-state index in [0.29, 0.717) is 13.0 Å². The molecule has 0 spiro atoms. The molecule has 1 aliphatic heterocycles. The van der Waals surface area contributed by atoms with E-state index in [9.17, 15) is 14.7 Å². The number of methoxy groups -OCH3 is 1. The molecule has 0 radical (unpaired) electrons. The first kappa shape index (κ1) is 15.4. The van der Waals surface area contributed by atoms with Crippen molar-refractivity contribution in [1.82, 2.24) is 4.90 Å². The lowest BCUT2D eigenvalue weighted by Gasteiger charge is -2.20. The number of carbonyl (C=O) groups excluding carboxylic acids is 1. The first-order chi connectivity index (χ1) is 9.85. The average molecular weight is 291 g/mol. The smallest absolute Gasteiger partial charge is 0.311 e. The lowest BCUT2D eigenvalue weighted by Crippen LogP contribution is -2.35. The quantitative estimate of drug-likeness (QED) is 0.919. The number of benzene rings is 1. The van der Waals surface area contributed by atoms with E-state index in [-0.39, 0.29) is 18.9 Å². The summed E-state index contributed by atoms with van der Waals surface area (Å²) >= 11 is 0. The molecule has 0 bridgehead atoms. The van der Waals surface area contributed by atoms with Gasteiger partial charge in [0.25, 0.3) is 0 Å². The number of carbonyl (C=O) groups is 2. The molecule has 0 unspecified atom stereocenters. The van der Waals surface area contributed by atoms with Crippen molar-refractivity contribution in [3.8, 4) is 5.75 Å². The van der Waals surface area contributed by atoms with Crippen molar-refractivity contribution in [2.45, 2.75) is 26.7 Å². The van der Waals surface area contributed by atoms with Crippen LogP contribution in [-0.4, -0.2) is 42.1 Å². The van der Waals surface area contributed by atoms with Gasteiger partial charge in [-0.15, -0.1) is 0 Å². The third-order valence-electron chi connectivity index (χ3n) is 4.17. The second kappa shape index (κ2) is 5.76. The summed E-state index contributed by atoms with van der Waals surface area (Å²) in [4.78, 5) is 25.2. The molecule has 21 heavy (non-hydrogen) atoms. The standard InChI is InChI=1S/C16H21NO4/c1-11-4-5-12(8-13(11)21-3)9-14(18)17-7-6-16(2,10-17)15(19)20/h4-5,8H,6-7,9-10H2,1-3H3,(H,19,20)/t16-/m1/s1. The number of hydrogen-bond donors (Lipinski definition) is 1. The predicted molar refractivity (Wildman–Crippen MR) is 78.4 cm³/mol. The van der Waals surface area contributed by atoms with Crippen molar-refractivity contribution >= 4 is 11.9 Å². The fourth-order valence-corrected chi connectivity index (χ4v) is 2.61. The van der Waals surface area contributed by atoms with Gasteiger partial charge >= 0.3 is 5.97 Å². The van der Waals surface area contributed by atoms with Gasteiger partial charge in [-0.3, -0.25) is 9.59 Å². The molecule has 1 N–H and O–H groups in total. The van der Waals surface area contributed by atoms with Gasteiger partial charge < -0.3 is 14.7 Å². The van der Waals surface area contributed by atoms with Crippen LogP contribution in [0.15, 0.2) is 18.2 Å². The lowest BCUT2D eigenvalue weighted by atomic mass is 9.90. The van der Waals surface area contributed by atoms with Crippen LogP contribution in [0.2, 0.25) is 0 Å².